The minimum absolute atomic E-state index is 0.147. The summed E-state index contributed by atoms with van der Waals surface area (Å²) in [5, 5.41) is 0.351. The molecule has 112 valence electrons. The summed E-state index contributed by atoms with van der Waals surface area (Å²) in [6.45, 7) is 3.73. The van der Waals surface area contributed by atoms with Crippen molar-refractivity contribution in [1.82, 2.24) is 9.97 Å². The second-order valence-electron chi connectivity index (χ2n) is 4.49. The highest BCUT2D eigenvalue weighted by molar-refractivity contribution is 6.35. The van der Waals surface area contributed by atoms with Crippen LogP contribution in [-0.4, -0.2) is 24.2 Å². The van der Waals surface area contributed by atoms with E-state index in [0.717, 1.165) is 0 Å². The van der Waals surface area contributed by atoms with Crippen molar-refractivity contribution in [2.45, 2.75) is 20.3 Å². The van der Waals surface area contributed by atoms with E-state index in [2.05, 4.69) is 9.97 Å². The van der Waals surface area contributed by atoms with Crippen molar-refractivity contribution >= 4 is 11.6 Å². The molecule has 0 saturated heterocycles. The Bertz CT molecular complexity index is 726. The molecule has 0 saturated carbocycles. The monoisotopic (exact) mass is 308 g/mol. The van der Waals surface area contributed by atoms with Crippen molar-refractivity contribution in [3.63, 3.8) is 0 Å². The van der Waals surface area contributed by atoms with Gasteiger partial charge in [-0.05, 0) is 25.5 Å². The predicted octanol–water partition coefficient (Wildman–Crippen LogP) is 2.98. The molecule has 0 unspecified atom stereocenters. The van der Waals surface area contributed by atoms with Crippen LogP contribution in [0.15, 0.2) is 16.9 Å². The largest absolute Gasteiger partial charge is 0.493 e. The first kappa shape index (κ1) is 15.4. The fraction of sp³-hybridized carbons (Fsp3) is 0.333. The summed E-state index contributed by atoms with van der Waals surface area (Å²) in [7, 11) is 3.04. The summed E-state index contributed by atoms with van der Waals surface area (Å²) < 4.78 is 10.4. The second kappa shape index (κ2) is 6.18. The molecule has 2 aromatic rings. The lowest BCUT2D eigenvalue weighted by Gasteiger charge is -2.13. The van der Waals surface area contributed by atoms with Crippen LogP contribution in [0.1, 0.15) is 18.2 Å². The van der Waals surface area contributed by atoms with Crippen LogP contribution < -0.4 is 15.0 Å². The number of hydrogen-bond donors (Lipinski definition) is 1. The van der Waals surface area contributed by atoms with Gasteiger partial charge in [0.05, 0.1) is 19.2 Å². The van der Waals surface area contributed by atoms with Gasteiger partial charge in [-0.2, -0.15) is 0 Å². The van der Waals surface area contributed by atoms with Gasteiger partial charge >= 0.3 is 0 Å². The minimum Gasteiger partial charge on any atom is -0.493 e. The average molecular weight is 309 g/mol. The number of rotatable bonds is 4. The van der Waals surface area contributed by atoms with Gasteiger partial charge < -0.3 is 14.5 Å². The van der Waals surface area contributed by atoms with Gasteiger partial charge in [0.15, 0.2) is 11.5 Å². The van der Waals surface area contributed by atoms with Gasteiger partial charge in [0, 0.05) is 16.8 Å². The molecule has 1 aromatic carbocycles. The molecule has 0 aliphatic carbocycles. The molecule has 0 amide bonds. The number of aryl methyl sites for hydroxylation is 1. The molecule has 1 heterocycles. The van der Waals surface area contributed by atoms with Gasteiger partial charge in [-0.1, -0.05) is 18.5 Å². The van der Waals surface area contributed by atoms with E-state index in [1.165, 1.54) is 14.2 Å². The molecule has 5 nitrogen and oxygen atoms in total. The fourth-order valence-corrected chi connectivity index (χ4v) is 2.55. The van der Waals surface area contributed by atoms with E-state index in [4.69, 9.17) is 21.1 Å². The number of aromatic amines is 1. The molecule has 0 radical (unpaired) electrons. The molecule has 0 bridgehead atoms. The first-order valence-corrected chi connectivity index (χ1v) is 6.91. The van der Waals surface area contributed by atoms with Crippen LogP contribution in [0.2, 0.25) is 5.02 Å². The highest BCUT2D eigenvalue weighted by Gasteiger charge is 2.17. The number of H-pyrrole nitrogens is 1. The molecule has 1 aromatic heterocycles. The number of nitrogens with one attached hydrogen (secondary N) is 1. The summed E-state index contributed by atoms with van der Waals surface area (Å²) in [6, 6.07) is 3.47. The van der Waals surface area contributed by atoms with Gasteiger partial charge in [0.25, 0.3) is 5.56 Å². The summed E-state index contributed by atoms with van der Waals surface area (Å²) in [5.41, 5.74) is 1.82. The van der Waals surface area contributed by atoms with Crippen LogP contribution >= 0.6 is 11.6 Å². The van der Waals surface area contributed by atoms with E-state index in [1.54, 1.807) is 12.1 Å². The van der Waals surface area contributed by atoms with Crippen LogP contribution in [0, 0.1) is 6.92 Å². The molecule has 0 atom stereocenters. The van der Waals surface area contributed by atoms with E-state index >= 15 is 0 Å². The van der Waals surface area contributed by atoms with E-state index in [0.29, 0.717) is 45.6 Å². The lowest BCUT2D eigenvalue weighted by Crippen LogP contribution is -2.16. The Balaban J connectivity index is 2.65. The van der Waals surface area contributed by atoms with Crippen LogP contribution in [0.3, 0.4) is 0 Å². The van der Waals surface area contributed by atoms with Crippen molar-refractivity contribution in [2.75, 3.05) is 14.2 Å². The zero-order chi connectivity index (χ0) is 15.6. The Morgan fingerprint density at radius 3 is 2.52 bits per heavy atom. The van der Waals surface area contributed by atoms with Crippen molar-refractivity contribution in [1.29, 1.82) is 0 Å². The Hall–Kier alpha value is -2.01. The van der Waals surface area contributed by atoms with E-state index in [-0.39, 0.29) is 5.56 Å². The number of nitrogens with zero attached hydrogens (tertiary/aromatic N) is 1. The average Bonchev–Trinajstić information content (AvgIpc) is 2.46. The normalized spacial score (nSPS) is 10.5. The van der Waals surface area contributed by atoms with Crippen molar-refractivity contribution < 1.29 is 9.47 Å². The van der Waals surface area contributed by atoms with Crippen LogP contribution in [0.25, 0.3) is 11.4 Å². The Labute approximate surface area is 127 Å². The summed E-state index contributed by atoms with van der Waals surface area (Å²) in [4.78, 5) is 19.3. The maximum absolute atomic E-state index is 12.1. The first-order chi connectivity index (χ1) is 10.0. The van der Waals surface area contributed by atoms with Crippen molar-refractivity contribution in [3.8, 4) is 22.9 Å². The number of hydrogen-bond acceptors (Lipinski definition) is 4. The third-order valence-corrected chi connectivity index (χ3v) is 3.69. The zero-order valence-electron chi connectivity index (χ0n) is 12.4. The number of ether oxygens (including phenoxy) is 2. The summed E-state index contributed by atoms with van der Waals surface area (Å²) >= 11 is 6.34. The van der Waals surface area contributed by atoms with Gasteiger partial charge in [-0.3, -0.25) is 4.79 Å². The SMILES string of the molecule is CCc1c(C)nc(-c2ccc(OC)c(OC)c2Cl)[nH]c1=O. The third-order valence-electron chi connectivity index (χ3n) is 3.32. The number of benzene rings is 1. The fourth-order valence-electron chi connectivity index (χ4n) is 2.23. The molecule has 6 heteroatoms. The van der Waals surface area contributed by atoms with E-state index < -0.39 is 0 Å². The molecule has 2 rings (SSSR count). The molecule has 0 spiro atoms. The summed E-state index contributed by atoms with van der Waals surface area (Å²) in [5.74, 6) is 1.35. The number of methoxy groups -OCH3 is 2. The maximum Gasteiger partial charge on any atom is 0.254 e. The van der Waals surface area contributed by atoms with E-state index in [9.17, 15) is 4.79 Å². The van der Waals surface area contributed by atoms with Crippen molar-refractivity contribution in [3.05, 3.63) is 38.8 Å². The van der Waals surface area contributed by atoms with Gasteiger partial charge in [0.2, 0.25) is 0 Å². The maximum atomic E-state index is 12.1. The van der Waals surface area contributed by atoms with Gasteiger partial charge in [0.1, 0.15) is 5.82 Å². The Morgan fingerprint density at radius 2 is 2.00 bits per heavy atom. The third kappa shape index (κ3) is 2.74. The summed E-state index contributed by atoms with van der Waals surface area (Å²) in [6.07, 6.45) is 0.633. The smallest absolute Gasteiger partial charge is 0.254 e. The number of aromatic nitrogens is 2. The van der Waals surface area contributed by atoms with Crippen LogP contribution in [-0.2, 0) is 6.42 Å². The highest BCUT2D eigenvalue weighted by Crippen LogP contribution is 2.40. The Kier molecular flexibility index (Phi) is 4.53. The molecular formula is C15H17ClN2O3. The van der Waals surface area contributed by atoms with Gasteiger partial charge in [-0.15, -0.1) is 0 Å². The Morgan fingerprint density at radius 1 is 1.29 bits per heavy atom. The van der Waals surface area contributed by atoms with Crippen molar-refractivity contribution in [2.24, 2.45) is 0 Å². The quantitative estimate of drug-likeness (QED) is 0.943. The number of halogens is 1. The standard InChI is InChI=1S/C15H17ClN2O3/c1-5-9-8(2)17-14(18-15(9)19)10-6-7-11(20-3)13(21-4)12(10)16/h6-7H,5H2,1-4H3,(H,17,18,19). The molecule has 0 fully saturated rings. The van der Waals surface area contributed by atoms with E-state index in [1.807, 2.05) is 13.8 Å². The molecular weight excluding hydrogens is 292 g/mol. The van der Waals surface area contributed by atoms with Crippen LogP contribution in [0.5, 0.6) is 11.5 Å². The first-order valence-electron chi connectivity index (χ1n) is 6.54. The molecule has 0 aliphatic rings. The molecule has 1 N–H and O–H groups in total. The molecule has 21 heavy (non-hydrogen) atoms. The zero-order valence-corrected chi connectivity index (χ0v) is 13.2. The lowest BCUT2D eigenvalue weighted by atomic mass is 10.1. The van der Waals surface area contributed by atoms with Gasteiger partial charge in [-0.25, -0.2) is 4.98 Å². The predicted molar refractivity (Wildman–Crippen MR) is 82.5 cm³/mol. The highest BCUT2D eigenvalue weighted by atomic mass is 35.5. The molecule has 0 aliphatic heterocycles. The topological polar surface area (TPSA) is 64.2 Å². The second-order valence-corrected chi connectivity index (χ2v) is 4.87. The van der Waals surface area contributed by atoms with Crippen LogP contribution in [0.4, 0.5) is 0 Å². The lowest BCUT2D eigenvalue weighted by molar-refractivity contribution is 0.355. The minimum atomic E-state index is -0.147.